The van der Waals surface area contributed by atoms with Crippen LogP contribution in [0.2, 0.25) is 0 Å². The second-order valence-electron chi connectivity index (χ2n) is 6.67. The van der Waals surface area contributed by atoms with E-state index in [2.05, 4.69) is 4.99 Å². The molecular weight excluding hydrogens is 263 g/mol. The van der Waals surface area contributed by atoms with Crippen molar-refractivity contribution < 1.29 is 18.7 Å². The predicted octanol–water partition coefficient (Wildman–Crippen LogP) is 2.84. The van der Waals surface area contributed by atoms with Crippen molar-refractivity contribution in [3.8, 4) is 0 Å². The normalized spacial score (nSPS) is 19.2. The molecule has 0 unspecified atom stereocenters. The van der Waals surface area contributed by atoms with Crippen LogP contribution in [0.4, 0.5) is 9.18 Å². The molecule has 0 atom stereocenters. The second kappa shape index (κ2) is 5.52. The van der Waals surface area contributed by atoms with Gasteiger partial charge in [0.15, 0.2) is 0 Å². The lowest BCUT2D eigenvalue weighted by Crippen LogP contribution is -2.54. The van der Waals surface area contributed by atoms with Crippen molar-refractivity contribution in [3.63, 3.8) is 0 Å². The zero-order valence-corrected chi connectivity index (χ0v) is 12.8. The summed E-state index contributed by atoms with van der Waals surface area (Å²) in [4.78, 5) is 27.7. The first-order chi connectivity index (χ1) is 9.01. The van der Waals surface area contributed by atoms with Crippen LogP contribution in [0.5, 0.6) is 0 Å². The Labute approximate surface area is 119 Å². The molecule has 0 aromatic rings. The number of carbonyl (C=O) groups excluding carboxylic acids is 2. The molecular formula is C14H23FN2O3. The quantitative estimate of drug-likeness (QED) is 0.579. The van der Waals surface area contributed by atoms with Gasteiger partial charge in [-0.25, -0.2) is 14.0 Å². The van der Waals surface area contributed by atoms with Crippen LogP contribution in [0.15, 0.2) is 4.99 Å². The van der Waals surface area contributed by atoms with Crippen LogP contribution >= 0.6 is 0 Å². The molecule has 0 bridgehead atoms. The number of carbonyl (C=O) groups is 1. The van der Waals surface area contributed by atoms with Crippen molar-refractivity contribution in [2.75, 3.05) is 13.1 Å². The Hall–Kier alpha value is -1.42. The van der Waals surface area contributed by atoms with Crippen LogP contribution in [0, 0.1) is 0 Å². The summed E-state index contributed by atoms with van der Waals surface area (Å²) in [7, 11) is 0. The monoisotopic (exact) mass is 286 g/mol. The van der Waals surface area contributed by atoms with Crippen molar-refractivity contribution in [2.24, 2.45) is 4.99 Å². The molecule has 0 aromatic heterocycles. The van der Waals surface area contributed by atoms with E-state index < -0.39 is 22.9 Å². The van der Waals surface area contributed by atoms with E-state index in [0.29, 0.717) is 13.1 Å². The number of rotatable bonds is 2. The lowest BCUT2D eigenvalue weighted by molar-refractivity contribution is 0.000155. The summed E-state index contributed by atoms with van der Waals surface area (Å²) in [5, 5.41) is 0. The molecule has 114 valence electrons. The van der Waals surface area contributed by atoms with Crippen molar-refractivity contribution in [1.29, 1.82) is 0 Å². The molecule has 1 saturated heterocycles. The van der Waals surface area contributed by atoms with Gasteiger partial charge >= 0.3 is 6.09 Å². The molecule has 0 aliphatic carbocycles. The molecule has 6 heteroatoms. The van der Waals surface area contributed by atoms with Gasteiger partial charge in [-0.3, -0.25) is 0 Å². The van der Waals surface area contributed by atoms with E-state index in [9.17, 15) is 14.0 Å². The summed E-state index contributed by atoms with van der Waals surface area (Å²) in [6, 6.07) is 0. The average molecular weight is 286 g/mol. The molecule has 1 aliphatic heterocycles. The summed E-state index contributed by atoms with van der Waals surface area (Å²) in [6.45, 7) is 8.80. The number of nitrogens with zero attached hydrogens (tertiary/aromatic N) is 2. The maximum Gasteiger partial charge on any atom is 0.410 e. The highest BCUT2D eigenvalue weighted by Crippen LogP contribution is 2.39. The summed E-state index contributed by atoms with van der Waals surface area (Å²) in [6.07, 6.45) is 1.61. The molecule has 1 rings (SSSR count). The Bertz CT molecular complexity index is 409. The maximum atomic E-state index is 14.3. The zero-order valence-electron chi connectivity index (χ0n) is 12.8. The first kappa shape index (κ1) is 16.6. The summed E-state index contributed by atoms with van der Waals surface area (Å²) >= 11 is 0. The maximum absolute atomic E-state index is 14.3. The van der Waals surface area contributed by atoms with Crippen LogP contribution in [-0.4, -0.2) is 47.0 Å². The number of alkyl halides is 1. The molecule has 0 N–H and O–H groups in total. The van der Waals surface area contributed by atoms with Gasteiger partial charge in [0.2, 0.25) is 6.08 Å². The van der Waals surface area contributed by atoms with E-state index in [4.69, 9.17) is 4.74 Å². The van der Waals surface area contributed by atoms with Crippen LogP contribution in [0.1, 0.15) is 47.5 Å². The largest absolute Gasteiger partial charge is 0.444 e. The zero-order chi connectivity index (χ0) is 15.6. The van der Waals surface area contributed by atoms with Gasteiger partial charge in [0.05, 0.1) is 0 Å². The van der Waals surface area contributed by atoms with Gasteiger partial charge < -0.3 is 9.64 Å². The van der Waals surface area contributed by atoms with Crippen LogP contribution < -0.4 is 0 Å². The van der Waals surface area contributed by atoms with E-state index in [-0.39, 0.29) is 12.8 Å². The molecule has 0 spiro atoms. The number of halogens is 1. The molecule has 20 heavy (non-hydrogen) atoms. The number of hydrogen-bond acceptors (Lipinski definition) is 4. The fraction of sp³-hybridized carbons (Fsp3) is 0.857. The SMILES string of the molecule is CC(C)(C)OC(=O)N1CCC(N=C=O)(C(C)(C)F)CC1. The highest BCUT2D eigenvalue weighted by Gasteiger charge is 2.48. The molecule has 1 amide bonds. The van der Waals surface area contributed by atoms with E-state index in [1.165, 1.54) is 24.8 Å². The number of hydrogen-bond donors (Lipinski definition) is 0. The first-order valence-electron chi connectivity index (χ1n) is 6.77. The number of isocyanates is 1. The smallest absolute Gasteiger partial charge is 0.410 e. The standard InChI is InChI=1S/C14H23FN2O3/c1-12(2,3)20-11(19)17-8-6-14(7-9-17,16-10-18)13(4,5)15/h6-9H2,1-5H3. The van der Waals surface area contributed by atoms with Gasteiger partial charge in [0.1, 0.15) is 16.8 Å². The van der Waals surface area contributed by atoms with E-state index >= 15 is 0 Å². The first-order valence-corrected chi connectivity index (χ1v) is 6.77. The molecule has 1 fully saturated rings. The number of aliphatic imine (C=N–C) groups is 1. The fourth-order valence-corrected chi connectivity index (χ4v) is 2.31. The van der Waals surface area contributed by atoms with Crippen molar-refractivity contribution in [3.05, 3.63) is 0 Å². The van der Waals surface area contributed by atoms with Crippen molar-refractivity contribution >= 4 is 12.2 Å². The Morgan fingerprint density at radius 3 is 2.10 bits per heavy atom. The van der Waals surface area contributed by atoms with Crippen LogP contribution in [0.3, 0.4) is 0 Å². The van der Waals surface area contributed by atoms with E-state index in [0.717, 1.165) is 0 Å². The summed E-state index contributed by atoms with van der Waals surface area (Å²) in [5.74, 6) is 0. The minimum atomic E-state index is -1.63. The van der Waals surface area contributed by atoms with Gasteiger partial charge in [-0.05, 0) is 47.5 Å². The minimum absolute atomic E-state index is 0.283. The van der Waals surface area contributed by atoms with E-state index in [1.54, 1.807) is 20.8 Å². The predicted molar refractivity (Wildman–Crippen MR) is 73.1 cm³/mol. The third-order valence-electron chi connectivity index (χ3n) is 3.61. The lowest BCUT2D eigenvalue weighted by atomic mass is 9.76. The molecule has 0 aromatic carbocycles. The van der Waals surface area contributed by atoms with Crippen molar-refractivity contribution in [2.45, 2.75) is 64.3 Å². The highest BCUT2D eigenvalue weighted by atomic mass is 19.1. The highest BCUT2D eigenvalue weighted by molar-refractivity contribution is 5.68. The number of piperidine rings is 1. The van der Waals surface area contributed by atoms with E-state index in [1.807, 2.05) is 0 Å². The van der Waals surface area contributed by atoms with Gasteiger partial charge in [-0.15, -0.1) is 0 Å². The lowest BCUT2D eigenvalue weighted by Gasteiger charge is -2.43. The van der Waals surface area contributed by atoms with Gasteiger partial charge in [0, 0.05) is 13.1 Å². The Balaban J connectivity index is 2.75. The Kier molecular flexibility index (Phi) is 4.59. The second-order valence-corrected chi connectivity index (χ2v) is 6.67. The number of amides is 1. The minimum Gasteiger partial charge on any atom is -0.444 e. The summed E-state index contributed by atoms with van der Waals surface area (Å²) < 4.78 is 19.6. The molecule has 1 heterocycles. The molecule has 0 saturated carbocycles. The number of ether oxygens (including phenoxy) is 1. The van der Waals surface area contributed by atoms with Gasteiger partial charge in [-0.2, -0.15) is 4.99 Å². The van der Waals surface area contributed by atoms with Crippen molar-refractivity contribution in [1.82, 2.24) is 4.90 Å². The topological polar surface area (TPSA) is 59.0 Å². The van der Waals surface area contributed by atoms with Gasteiger partial charge in [0.25, 0.3) is 0 Å². The molecule has 1 aliphatic rings. The average Bonchev–Trinajstić information content (AvgIpc) is 2.26. The summed E-state index contributed by atoms with van der Waals surface area (Å²) in [5.41, 5.74) is -3.30. The molecule has 0 radical (unpaired) electrons. The van der Waals surface area contributed by atoms with Gasteiger partial charge in [-0.1, -0.05) is 0 Å². The Morgan fingerprint density at radius 2 is 1.75 bits per heavy atom. The van der Waals surface area contributed by atoms with Crippen LogP contribution in [0.25, 0.3) is 0 Å². The van der Waals surface area contributed by atoms with Crippen LogP contribution in [-0.2, 0) is 9.53 Å². The fourth-order valence-electron chi connectivity index (χ4n) is 2.31. The third kappa shape index (κ3) is 3.79. The Morgan fingerprint density at radius 1 is 1.25 bits per heavy atom. The third-order valence-corrected chi connectivity index (χ3v) is 3.61. The number of likely N-dealkylation sites (tertiary alicyclic amines) is 1. The molecule has 5 nitrogen and oxygen atoms in total.